The number of amides is 1. The van der Waals surface area contributed by atoms with E-state index < -0.39 is 24.2 Å². The van der Waals surface area contributed by atoms with Crippen LogP contribution in [0.1, 0.15) is 52.9 Å². The van der Waals surface area contributed by atoms with Crippen LogP contribution in [-0.2, 0) is 4.79 Å². The Balaban J connectivity index is 4.14. The summed E-state index contributed by atoms with van der Waals surface area (Å²) in [6, 6.07) is -0.787. The van der Waals surface area contributed by atoms with Gasteiger partial charge in [0.1, 0.15) is 6.10 Å². The van der Waals surface area contributed by atoms with Crippen molar-refractivity contribution in [2.75, 3.05) is 6.61 Å². The Hall–Kier alpha value is -0.910. The van der Waals surface area contributed by atoms with E-state index in [0.29, 0.717) is 12.3 Å². The first-order chi connectivity index (χ1) is 9.96. The van der Waals surface area contributed by atoms with Crippen LogP contribution in [-0.4, -0.2) is 46.1 Å². The molecule has 0 bridgehead atoms. The maximum atomic E-state index is 11.5. The van der Waals surface area contributed by atoms with E-state index in [1.165, 1.54) is 6.42 Å². The summed E-state index contributed by atoms with van der Waals surface area (Å²) in [6.07, 6.45) is 5.95. The largest absolute Gasteiger partial charge is 0.394 e. The second-order valence-electron chi connectivity index (χ2n) is 5.58. The molecule has 0 saturated carbocycles. The minimum absolute atomic E-state index is 0.297. The van der Waals surface area contributed by atoms with Crippen molar-refractivity contribution in [2.24, 2.45) is 5.92 Å². The first kappa shape index (κ1) is 20.1. The fraction of sp³-hybridized carbons (Fsp3) is 0.812. The Morgan fingerprint density at radius 1 is 1.24 bits per heavy atom. The van der Waals surface area contributed by atoms with Crippen LogP contribution in [0.4, 0.5) is 0 Å². The Bertz CT molecular complexity index is 307. The average Bonchev–Trinajstić information content (AvgIpc) is 2.50. The first-order valence-electron chi connectivity index (χ1n) is 7.90. The van der Waals surface area contributed by atoms with Crippen LogP contribution in [0.3, 0.4) is 0 Å². The summed E-state index contributed by atoms with van der Waals surface area (Å²) < 4.78 is 0. The highest BCUT2D eigenvalue weighted by atomic mass is 16.3. The topological polar surface area (TPSA) is 89.8 Å². The lowest BCUT2D eigenvalue weighted by Crippen LogP contribution is -2.48. The SMILES string of the molecule is CCC(C)CCC/C=C/C(O)C(CO)NC(=O)C(O)CC. The number of allylic oxidation sites excluding steroid dienone is 1. The zero-order valence-electron chi connectivity index (χ0n) is 13.5. The van der Waals surface area contributed by atoms with E-state index in [9.17, 15) is 20.1 Å². The van der Waals surface area contributed by atoms with Gasteiger partial charge in [-0.05, 0) is 25.2 Å². The standard InChI is InChI=1S/C16H31NO4/c1-4-12(3)9-7-6-8-10-15(20)13(11-18)17-16(21)14(19)5-2/h8,10,12-15,18-20H,4-7,9,11H2,1-3H3,(H,17,21)/b10-8+. The van der Waals surface area contributed by atoms with E-state index in [4.69, 9.17) is 0 Å². The Morgan fingerprint density at radius 3 is 2.43 bits per heavy atom. The van der Waals surface area contributed by atoms with Gasteiger partial charge in [-0.25, -0.2) is 0 Å². The van der Waals surface area contributed by atoms with Gasteiger partial charge in [0.2, 0.25) is 5.91 Å². The van der Waals surface area contributed by atoms with E-state index in [1.54, 1.807) is 13.0 Å². The number of carbonyl (C=O) groups is 1. The van der Waals surface area contributed by atoms with E-state index >= 15 is 0 Å². The molecule has 0 aliphatic heterocycles. The third-order valence-corrected chi connectivity index (χ3v) is 3.72. The molecule has 0 aliphatic rings. The lowest BCUT2D eigenvalue weighted by Gasteiger charge is -2.21. The number of unbranched alkanes of at least 4 members (excludes halogenated alkanes) is 1. The number of carbonyl (C=O) groups excluding carboxylic acids is 1. The minimum atomic E-state index is -1.11. The van der Waals surface area contributed by atoms with Gasteiger partial charge < -0.3 is 20.6 Å². The van der Waals surface area contributed by atoms with Crippen molar-refractivity contribution >= 4 is 5.91 Å². The normalized spacial score (nSPS) is 17.4. The van der Waals surface area contributed by atoms with Crippen LogP contribution in [0.15, 0.2) is 12.2 Å². The van der Waals surface area contributed by atoms with E-state index in [-0.39, 0.29) is 6.61 Å². The summed E-state index contributed by atoms with van der Waals surface area (Å²) in [5, 5.41) is 31.0. The van der Waals surface area contributed by atoms with Crippen molar-refractivity contribution in [3.8, 4) is 0 Å². The second kappa shape index (κ2) is 11.7. The number of aliphatic hydroxyl groups is 3. The fourth-order valence-corrected chi connectivity index (χ4v) is 1.86. The van der Waals surface area contributed by atoms with Gasteiger partial charge in [-0.2, -0.15) is 0 Å². The van der Waals surface area contributed by atoms with Gasteiger partial charge in [-0.3, -0.25) is 4.79 Å². The van der Waals surface area contributed by atoms with E-state index in [1.807, 2.05) is 6.08 Å². The second-order valence-corrected chi connectivity index (χ2v) is 5.58. The Kier molecular flexibility index (Phi) is 11.2. The van der Waals surface area contributed by atoms with E-state index in [2.05, 4.69) is 19.2 Å². The molecule has 124 valence electrons. The van der Waals surface area contributed by atoms with Gasteiger partial charge in [0.25, 0.3) is 0 Å². The van der Waals surface area contributed by atoms with Crippen LogP contribution >= 0.6 is 0 Å². The molecule has 21 heavy (non-hydrogen) atoms. The highest BCUT2D eigenvalue weighted by Crippen LogP contribution is 2.11. The molecule has 4 unspecified atom stereocenters. The molecule has 0 heterocycles. The Morgan fingerprint density at radius 2 is 1.90 bits per heavy atom. The zero-order chi connectivity index (χ0) is 16.3. The van der Waals surface area contributed by atoms with E-state index in [0.717, 1.165) is 19.3 Å². The van der Waals surface area contributed by atoms with Gasteiger partial charge in [-0.1, -0.05) is 45.8 Å². The van der Waals surface area contributed by atoms with Crippen molar-refractivity contribution < 1.29 is 20.1 Å². The highest BCUT2D eigenvalue weighted by Gasteiger charge is 2.21. The third kappa shape index (κ3) is 8.86. The monoisotopic (exact) mass is 301 g/mol. The van der Waals surface area contributed by atoms with Gasteiger partial charge in [-0.15, -0.1) is 0 Å². The molecule has 5 heteroatoms. The predicted octanol–water partition coefficient (Wildman–Crippen LogP) is 1.37. The summed E-state index contributed by atoms with van der Waals surface area (Å²) in [5.74, 6) is 0.143. The lowest BCUT2D eigenvalue weighted by molar-refractivity contribution is -0.131. The minimum Gasteiger partial charge on any atom is -0.394 e. The number of rotatable bonds is 11. The van der Waals surface area contributed by atoms with Crippen LogP contribution in [0.25, 0.3) is 0 Å². The van der Waals surface area contributed by atoms with Gasteiger partial charge in [0.05, 0.1) is 18.8 Å². The molecule has 0 aromatic heterocycles. The van der Waals surface area contributed by atoms with Crippen molar-refractivity contribution in [3.63, 3.8) is 0 Å². The molecule has 4 atom stereocenters. The molecule has 0 rings (SSSR count). The van der Waals surface area contributed by atoms with Crippen molar-refractivity contribution in [3.05, 3.63) is 12.2 Å². The average molecular weight is 301 g/mol. The fourth-order valence-electron chi connectivity index (χ4n) is 1.86. The molecule has 0 aromatic carbocycles. The van der Waals surface area contributed by atoms with Crippen LogP contribution in [0, 0.1) is 5.92 Å². The number of nitrogens with one attached hydrogen (secondary N) is 1. The van der Waals surface area contributed by atoms with Gasteiger partial charge >= 0.3 is 0 Å². The molecule has 4 N–H and O–H groups in total. The molecule has 5 nitrogen and oxygen atoms in total. The van der Waals surface area contributed by atoms with Crippen molar-refractivity contribution in [2.45, 2.75) is 71.1 Å². The van der Waals surface area contributed by atoms with Crippen LogP contribution < -0.4 is 5.32 Å². The molecular formula is C16H31NO4. The molecule has 1 amide bonds. The molecule has 0 aromatic rings. The molecule has 0 aliphatic carbocycles. The zero-order valence-corrected chi connectivity index (χ0v) is 13.5. The molecule has 0 fully saturated rings. The van der Waals surface area contributed by atoms with Crippen LogP contribution in [0.2, 0.25) is 0 Å². The number of aliphatic hydroxyl groups excluding tert-OH is 3. The van der Waals surface area contributed by atoms with Gasteiger partial charge in [0, 0.05) is 0 Å². The quantitative estimate of drug-likeness (QED) is 0.343. The van der Waals surface area contributed by atoms with Gasteiger partial charge in [0.15, 0.2) is 0 Å². The van der Waals surface area contributed by atoms with Crippen molar-refractivity contribution in [1.82, 2.24) is 5.32 Å². The van der Waals surface area contributed by atoms with Crippen molar-refractivity contribution in [1.29, 1.82) is 0 Å². The molecular weight excluding hydrogens is 270 g/mol. The maximum absolute atomic E-state index is 11.5. The predicted molar refractivity (Wildman–Crippen MR) is 83.8 cm³/mol. The molecule has 0 spiro atoms. The lowest BCUT2D eigenvalue weighted by atomic mass is 10.0. The Labute approximate surface area is 128 Å². The maximum Gasteiger partial charge on any atom is 0.249 e. The third-order valence-electron chi connectivity index (χ3n) is 3.72. The summed E-state index contributed by atoms with van der Waals surface area (Å²) in [7, 11) is 0. The summed E-state index contributed by atoms with van der Waals surface area (Å²) in [5.41, 5.74) is 0. The summed E-state index contributed by atoms with van der Waals surface area (Å²) in [4.78, 5) is 11.5. The summed E-state index contributed by atoms with van der Waals surface area (Å²) >= 11 is 0. The highest BCUT2D eigenvalue weighted by molar-refractivity contribution is 5.80. The number of hydrogen-bond acceptors (Lipinski definition) is 4. The first-order valence-corrected chi connectivity index (χ1v) is 7.90. The van der Waals surface area contributed by atoms with Crippen LogP contribution in [0.5, 0.6) is 0 Å². The summed E-state index contributed by atoms with van der Waals surface area (Å²) in [6.45, 7) is 5.70. The molecule has 0 radical (unpaired) electrons. The smallest absolute Gasteiger partial charge is 0.249 e. The number of hydrogen-bond donors (Lipinski definition) is 4. The molecule has 0 saturated heterocycles.